The van der Waals surface area contributed by atoms with Gasteiger partial charge in [-0.1, -0.05) is 29.8 Å². The molecular formula is C19H15ClO4. The zero-order chi connectivity index (χ0) is 17.3. The van der Waals surface area contributed by atoms with Gasteiger partial charge in [0.05, 0.1) is 5.56 Å². The fraction of sp³-hybridized carbons (Fsp3) is 0.158. The van der Waals surface area contributed by atoms with Crippen molar-refractivity contribution in [3.8, 4) is 0 Å². The lowest BCUT2D eigenvalue weighted by molar-refractivity contribution is 0.0474. The molecule has 5 heteroatoms. The number of benzene rings is 2. The molecule has 24 heavy (non-hydrogen) atoms. The Hall–Kier alpha value is -2.59. The van der Waals surface area contributed by atoms with Crippen molar-refractivity contribution in [1.82, 2.24) is 0 Å². The first-order valence-corrected chi connectivity index (χ1v) is 7.79. The van der Waals surface area contributed by atoms with Crippen molar-refractivity contribution in [2.75, 3.05) is 0 Å². The zero-order valence-corrected chi connectivity index (χ0v) is 14.0. The number of carbonyl (C=O) groups excluding carboxylic acids is 1. The van der Waals surface area contributed by atoms with Gasteiger partial charge in [0.25, 0.3) is 0 Å². The molecule has 0 N–H and O–H groups in total. The van der Waals surface area contributed by atoms with Gasteiger partial charge >= 0.3 is 11.6 Å². The molecule has 0 amide bonds. The van der Waals surface area contributed by atoms with Crippen LogP contribution in [-0.4, -0.2) is 5.97 Å². The highest BCUT2D eigenvalue weighted by Gasteiger charge is 2.13. The van der Waals surface area contributed by atoms with Crippen molar-refractivity contribution in [2.24, 2.45) is 0 Å². The molecule has 122 valence electrons. The van der Waals surface area contributed by atoms with Gasteiger partial charge in [0.2, 0.25) is 0 Å². The molecule has 1 aromatic heterocycles. The molecule has 2 aromatic carbocycles. The first-order chi connectivity index (χ1) is 11.5. The van der Waals surface area contributed by atoms with Gasteiger partial charge in [-0.25, -0.2) is 9.59 Å². The fourth-order valence-corrected chi connectivity index (χ4v) is 2.68. The highest BCUT2D eigenvalue weighted by molar-refractivity contribution is 6.30. The van der Waals surface area contributed by atoms with Crippen LogP contribution in [0.4, 0.5) is 0 Å². The lowest BCUT2D eigenvalue weighted by Crippen LogP contribution is -2.08. The normalized spacial score (nSPS) is 10.8. The second-order valence-corrected chi connectivity index (χ2v) is 6.00. The summed E-state index contributed by atoms with van der Waals surface area (Å²) in [6.45, 7) is 3.82. The van der Waals surface area contributed by atoms with Gasteiger partial charge < -0.3 is 9.15 Å². The topological polar surface area (TPSA) is 56.5 Å². The summed E-state index contributed by atoms with van der Waals surface area (Å²) in [7, 11) is 0. The molecule has 0 bridgehead atoms. The monoisotopic (exact) mass is 342 g/mol. The summed E-state index contributed by atoms with van der Waals surface area (Å²) in [4.78, 5) is 23.9. The van der Waals surface area contributed by atoms with Gasteiger partial charge in [0, 0.05) is 22.0 Å². The number of esters is 1. The molecule has 0 aliphatic rings. The summed E-state index contributed by atoms with van der Waals surface area (Å²) in [5.74, 6) is -0.497. The molecule has 3 aromatic rings. The summed E-state index contributed by atoms with van der Waals surface area (Å²) >= 11 is 5.88. The van der Waals surface area contributed by atoms with Crippen LogP contribution in [0.5, 0.6) is 0 Å². The number of halogens is 1. The summed E-state index contributed by atoms with van der Waals surface area (Å²) < 4.78 is 10.6. The maximum atomic E-state index is 12.1. The van der Waals surface area contributed by atoms with Crippen LogP contribution in [0.3, 0.4) is 0 Å². The molecule has 0 aliphatic heterocycles. The number of rotatable bonds is 3. The van der Waals surface area contributed by atoms with E-state index in [4.69, 9.17) is 20.8 Å². The standard InChI is InChI=1S/C19H15ClO4/c1-11-6-7-16-14(9-17(21)24-18(16)12(11)2)10-23-19(22)13-4-3-5-15(20)8-13/h3-9H,10H2,1-2H3. The first-order valence-electron chi connectivity index (χ1n) is 7.41. The first kappa shape index (κ1) is 16.3. The Kier molecular flexibility index (Phi) is 4.40. The van der Waals surface area contributed by atoms with Crippen molar-refractivity contribution in [3.63, 3.8) is 0 Å². The van der Waals surface area contributed by atoms with Crippen LogP contribution in [-0.2, 0) is 11.3 Å². The molecule has 0 aliphatic carbocycles. The molecule has 0 saturated heterocycles. The van der Waals surface area contributed by atoms with Crippen molar-refractivity contribution in [2.45, 2.75) is 20.5 Å². The number of hydrogen-bond acceptors (Lipinski definition) is 4. The maximum absolute atomic E-state index is 12.1. The summed E-state index contributed by atoms with van der Waals surface area (Å²) in [5.41, 5.74) is 2.95. The third-order valence-corrected chi connectivity index (χ3v) is 4.17. The SMILES string of the molecule is Cc1ccc2c(COC(=O)c3cccc(Cl)c3)cc(=O)oc2c1C. The van der Waals surface area contributed by atoms with Gasteiger partial charge in [-0.05, 0) is 43.2 Å². The average Bonchev–Trinajstić information content (AvgIpc) is 2.56. The number of hydrogen-bond donors (Lipinski definition) is 0. The van der Waals surface area contributed by atoms with E-state index in [1.54, 1.807) is 18.2 Å². The van der Waals surface area contributed by atoms with E-state index in [1.807, 2.05) is 26.0 Å². The molecule has 0 radical (unpaired) electrons. The van der Waals surface area contributed by atoms with Crippen LogP contribution >= 0.6 is 11.6 Å². The Morgan fingerprint density at radius 1 is 1.17 bits per heavy atom. The highest BCUT2D eigenvalue weighted by atomic mass is 35.5. The molecule has 0 spiro atoms. The van der Waals surface area contributed by atoms with Crippen molar-refractivity contribution >= 4 is 28.5 Å². The third kappa shape index (κ3) is 3.19. The Morgan fingerprint density at radius 2 is 1.96 bits per heavy atom. The number of carbonyl (C=O) groups is 1. The minimum Gasteiger partial charge on any atom is -0.457 e. The Balaban J connectivity index is 1.92. The number of aryl methyl sites for hydroxylation is 2. The van der Waals surface area contributed by atoms with E-state index in [0.717, 1.165) is 16.5 Å². The molecule has 0 unspecified atom stereocenters. The van der Waals surface area contributed by atoms with Crippen LogP contribution in [0.25, 0.3) is 11.0 Å². The molecule has 3 rings (SSSR count). The molecular weight excluding hydrogens is 328 g/mol. The lowest BCUT2D eigenvalue weighted by Gasteiger charge is -2.10. The quantitative estimate of drug-likeness (QED) is 0.522. The van der Waals surface area contributed by atoms with Gasteiger partial charge in [-0.2, -0.15) is 0 Å². The van der Waals surface area contributed by atoms with Crippen LogP contribution in [0.15, 0.2) is 51.7 Å². The third-order valence-electron chi connectivity index (χ3n) is 3.94. The maximum Gasteiger partial charge on any atom is 0.338 e. The minimum absolute atomic E-state index is 0.0179. The molecule has 0 atom stereocenters. The Labute approximate surface area is 143 Å². The summed E-state index contributed by atoms with van der Waals surface area (Å²) in [6.07, 6.45) is 0. The van der Waals surface area contributed by atoms with Crippen LogP contribution in [0.2, 0.25) is 5.02 Å². The van der Waals surface area contributed by atoms with E-state index < -0.39 is 11.6 Å². The van der Waals surface area contributed by atoms with Crippen molar-refractivity contribution < 1.29 is 13.9 Å². The molecule has 0 saturated carbocycles. The zero-order valence-electron chi connectivity index (χ0n) is 13.3. The van der Waals surface area contributed by atoms with Crippen molar-refractivity contribution in [3.05, 3.63) is 80.2 Å². The number of ether oxygens (including phenoxy) is 1. The Morgan fingerprint density at radius 3 is 2.71 bits per heavy atom. The second kappa shape index (κ2) is 6.49. The molecule has 1 heterocycles. The lowest BCUT2D eigenvalue weighted by atomic mass is 10.0. The van der Waals surface area contributed by atoms with Crippen LogP contribution in [0, 0.1) is 13.8 Å². The molecule has 4 nitrogen and oxygen atoms in total. The van der Waals surface area contributed by atoms with Gasteiger partial charge in [0.1, 0.15) is 12.2 Å². The fourth-order valence-electron chi connectivity index (χ4n) is 2.49. The predicted octanol–water partition coefficient (Wildman–Crippen LogP) is 4.42. The second-order valence-electron chi connectivity index (χ2n) is 5.56. The van der Waals surface area contributed by atoms with Crippen LogP contribution in [0.1, 0.15) is 27.0 Å². The van der Waals surface area contributed by atoms with E-state index in [0.29, 0.717) is 21.7 Å². The summed E-state index contributed by atoms with van der Waals surface area (Å²) in [6, 6.07) is 11.7. The largest absolute Gasteiger partial charge is 0.457 e. The van der Waals surface area contributed by atoms with Crippen LogP contribution < -0.4 is 5.63 Å². The van der Waals surface area contributed by atoms with E-state index >= 15 is 0 Å². The van der Waals surface area contributed by atoms with E-state index in [1.165, 1.54) is 12.1 Å². The van der Waals surface area contributed by atoms with E-state index in [9.17, 15) is 9.59 Å². The van der Waals surface area contributed by atoms with Gasteiger partial charge in [-0.15, -0.1) is 0 Å². The smallest absolute Gasteiger partial charge is 0.338 e. The predicted molar refractivity (Wildman–Crippen MR) is 92.5 cm³/mol. The minimum atomic E-state index is -0.497. The van der Waals surface area contributed by atoms with E-state index in [2.05, 4.69) is 0 Å². The van der Waals surface area contributed by atoms with Gasteiger partial charge in [0.15, 0.2) is 0 Å². The van der Waals surface area contributed by atoms with Crippen molar-refractivity contribution in [1.29, 1.82) is 0 Å². The van der Waals surface area contributed by atoms with Gasteiger partial charge in [-0.3, -0.25) is 0 Å². The average molecular weight is 343 g/mol. The Bertz CT molecular complexity index is 988. The highest BCUT2D eigenvalue weighted by Crippen LogP contribution is 2.24. The van der Waals surface area contributed by atoms with E-state index in [-0.39, 0.29) is 6.61 Å². The number of fused-ring (bicyclic) bond motifs is 1. The summed E-state index contributed by atoms with van der Waals surface area (Å²) in [5, 5.41) is 1.22. The molecule has 0 fully saturated rings.